The summed E-state index contributed by atoms with van der Waals surface area (Å²) in [4.78, 5) is 12.4. The molecule has 1 saturated heterocycles. The van der Waals surface area contributed by atoms with E-state index in [0.29, 0.717) is 23.5 Å². The number of carbonyl (C=O) groups excluding carboxylic acids is 1. The predicted octanol–water partition coefficient (Wildman–Crippen LogP) is 5.92. The summed E-state index contributed by atoms with van der Waals surface area (Å²) in [5.41, 5.74) is 1.92. The number of halogens is 1. The minimum absolute atomic E-state index is 0.118. The Labute approximate surface area is 195 Å². The normalized spacial score (nSPS) is 47.6. The van der Waals surface area contributed by atoms with Crippen LogP contribution in [0.1, 0.15) is 64.9 Å². The number of piperidine rings is 1. The summed E-state index contributed by atoms with van der Waals surface area (Å²) >= 11 is 2.37. The molecule has 5 rings (SSSR count). The molecule has 0 spiro atoms. The lowest BCUT2D eigenvalue weighted by Crippen LogP contribution is -2.64. The first-order valence-corrected chi connectivity index (χ1v) is 13.1. The van der Waals surface area contributed by atoms with Gasteiger partial charge in [-0.15, -0.1) is 0 Å². The third-order valence-electron chi connectivity index (χ3n) is 9.51. The number of rotatable bonds is 2. The highest BCUT2D eigenvalue weighted by atomic mass is 127. The smallest absolute Gasteiger partial charge is 0.233 e. The molecule has 1 aromatic carbocycles. The first-order valence-electron chi connectivity index (χ1n) is 11.9. The van der Waals surface area contributed by atoms with Crippen molar-refractivity contribution in [2.45, 2.75) is 82.3 Å². The van der Waals surface area contributed by atoms with Gasteiger partial charge < -0.3 is 10.1 Å². The van der Waals surface area contributed by atoms with E-state index < -0.39 is 0 Å². The van der Waals surface area contributed by atoms with Crippen molar-refractivity contribution in [2.75, 3.05) is 0 Å². The van der Waals surface area contributed by atoms with Crippen LogP contribution >= 0.6 is 22.6 Å². The molecule has 4 fully saturated rings. The number of aryl methyl sites for hydroxylation is 1. The van der Waals surface area contributed by atoms with Crippen LogP contribution in [0.2, 0.25) is 0 Å². The molecule has 0 aromatic heterocycles. The highest BCUT2D eigenvalue weighted by molar-refractivity contribution is 14.1. The van der Waals surface area contributed by atoms with E-state index in [4.69, 9.17) is 4.74 Å². The Hall–Kier alpha value is -0.780. The molecule has 3 saturated carbocycles. The SMILES string of the molecule is Cc1ccc(O[C@H]2CC3C4C(CC[C@]3(C)C2)[C@@]2(C)CC(I)C(=O)N[C@@H]2C[C@@H]4C)cc1. The number of ether oxygens (including phenoxy) is 1. The zero-order valence-corrected chi connectivity index (χ0v) is 20.9. The Bertz CT molecular complexity index is 825. The largest absolute Gasteiger partial charge is 0.490 e. The Morgan fingerprint density at radius 3 is 2.57 bits per heavy atom. The van der Waals surface area contributed by atoms with E-state index in [9.17, 15) is 4.79 Å². The van der Waals surface area contributed by atoms with Gasteiger partial charge in [-0.05, 0) is 92.1 Å². The lowest BCUT2D eigenvalue weighted by Gasteiger charge is -2.62. The fourth-order valence-electron chi connectivity index (χ4n) is 7.97. The quantitative estimate of drug-likeness (QED) is 0.388. The van der Waals surface area contributed by atoms with E-state index in [2.05, 4.69) is 79.9 Å². The Kier molecular flexibility index (Phi) is 5.19. The minimum atomic E-state index is 0.118. The lowest BCUT2D eigenvalue weighted by molar-refractivity contribution is -0.139. The molecular formula is C26H36INO2. The number of hydrogen-bond donors (Lipinski definition) is 1. The number of carbonyl (C=O) groups is 1. The fraction of sp³-hybridized carbons (Fsp3) is 0.731. The zero-order chi connectivity index (χ0) is 21.3. The van der Waals surface area contributed by atoms with Crippen LogP contribution in [-0.2, 0) is 4.79 Å². The summed E-state index contributed by atoms with van der Waals surface area (Å²) in [6.45, 7) is 9.61. The monoisotopic (exact) mass is 521 g/mol. The van der Waals surface area contributed by atoms with Crippen molar-refractivity contribution in [3.63, 3.8) is 0 Å². The Balaban J connectivity index is 1.39. The van der Waals surface area contributed by atoms with E-state index in [1.807, 2.05) is 0 Å². The molecule has 0 bridgehead atoms. The van der Waals surface area contributed by atoms with Crippen LogP contribution in [0.3, 0.4) is 0 Å². The van der Waals surface area contributed by atoms with Gasteiger partial charge >= 0.3 is 0 Å². The molecule has 4 heteroatoms. The molecule has 1 aliphatic heterocycles. The molecule has 1 heterocycles. The third-order valence-corrected chi connectivity index (χ3v) is 10.5. The van der Waals surface area contributed by atoms with Gasteiger partial charge in [-0.25, -0.2) is 0 Å². The van der Waals surface area contributed by atoms with Crippen LogP contribution in [-0.4, -0.2) is 22.0 Å². The van der Waals surface area contributed by atoms with Gasteiger partial charge in [-0.2, -0.15) is 0 Å². The summed E-state index contributed by atoms with van der Waals surface area (Å²) in [6, 6.07) is 8.91. The maximum atomic E-state index is 12.4. The molecule has 0 radical (unpaired) electrons. The topological polar surface area (TPSA) is 38.3 Å². The van der Waals surface area contributed by atoms with Gasteiger partial charge in [0.05, 0.1) is 10.0 Å². The maximum absolute atomic E-state index is 12.4. The summed E-state index contributed by atoms with van der Waals surface area (Å²) < 4.78 is 6.63. The second kappa shape index (κ2) is 7.38. The van der Waals surface area contributed by atoms with E-state index in [0.717, 1.165) is 36.3 Å². The highest BCUT2D eigenvalue weighted by Gasteiger charge is 2.62. The van der Waals surface area contributed by atoms with Crippen molar-refractivity contribution in [3.8, 4) is 5.75 Å². The average Bonchev–Trinajstić information content (AvgIpc) is 3.02. The van der Waals surface area contributed by atoms with Crippen LogP contribution < -0.4 is 10.1 Å². The first-order chi connectivity index (χ1) is 14.2. The second-order valence-electron chi connectivity index (χ2n) is 11.4. The predicted molar refractivity (Wildman–Crippen MR) is 129 cm³/mol. The number of hydrogen-bond acceptors (Lipinski definition) is 2. The van der Waals surface area contributed by atoms with Crippen LogP contribution in [0, 0.1) is 41.4 Å². The number of alkyl halides is 1. The van der Waals surface area contributed by atoms with E-state index >= 15 is 0 Å². The van der Waals surface area contributed by atoms with Gasteiger partial charge in [0.25, 0.3) is 0 Å². The molecule has 1 amide bonds. The molecule has 1 aromatic rings. The second-order valence-corrected chi connectivity index (χ2v) is 12.9. The van der Waals surface area contributed by atoms with Crippen LogP contribution in [0.15, 0.2) is 24.3 Å². The van der Waals surface area contributed by atoms with Crippen molar-refractivity contribution in [3.05, 3.63) is 29.8 Å². The van der Waals surface area contributed by atoms with Crippen LogP contribution in [0.25, 0.3) is 0 Å². The molecule has 1 N–H and O–H groups in total. The lowest BCUT2D eigenvalue weighted by atomic mass is 9.45. The van der Waals surface area contributed by atoms with Crippen LogP contribution in [0.5, 0.6) is 5.75 Å². The van der Waals surface area contributed by atoms with Crippen molar-refractivity contribution >= 4 is 28.5 Å². The van der Waals surface area contributed by atoms with Gasteiger partial charge in [0.1, 0.15) is 5.75 Å². The number of fused-ring (bicyclic) bond motifs is 5. The molecule has 30 heavy (non-hydrogen) atoms. The fourth-order valence-corrected chi connectivity index (χ4v) is 9.10. The summed E-state index contributed by atoms with van der Waals surface area (Å²) in [5.74, 6) is 4.18. The highest BCUT2D eigenvalue weighted by Crippen LogP contribution is 2.65. The minimum Gasteiger partial charge on any atom is -0.490 e. The molecule has 3 nitrogen and oxygen atoms in total. The Morgan fingerprint density at radius 1 is 1.10 bits per heavy atom. The van der Waals surface area contributed by atoms with Crippen LogP contribution in [0.4, 0.5) is 0 Å². The maximum Gasteiger partial charge on any atom is 0.233 e. The molecule has 4 unspecified atom stereocenters. The van der Waals surface area contributed by atoms with Gasteiger partial charge in [-0.1, -0.05) is 61.1 Å². The van der Waals surface area contributed by atoms with Crippen molar-refractivity contribution < 1.29 is 9.53 Å². The molecule has 3 aliphatic carbocycles. The molecular weight excluding hydrogens is 485 g/mol. The van der Waals surface area contributed by atoms with Gasteiger partial charge in [0, 0.05) is 6.04 Å². The van der Waals surface area contributed by atoms with Gasteiger partial charge in [0.2, 0.25) is 5.91 Å². The number of benzene rings is 1. The Morgan fingerprint density at radius 2 is 1.83 bits per heavy atom. The summed E-state index contributed by atoms with van der Waals surface area (Å²) in [6.07, 6.45) is 7.52. The van der Waals surface area contributed by atoms with E-state index in [1.54, 1.807) is 0 Å². The van der Waals surface area contributed by atoms with Gasteiger partial charge in [-0.3, -0.25) is 4.79 Å². The standard InChI is InChI=1S/C26H36INO2/c1-15-5-7-17(8-6-15)30-18-12-20-23-16(2)11-22-26(4,14-21(27)24(29)28-22)19(23)9-10-25(20,3)13-18/h5-8,16,18-23H,9-14H2,1-4H3,(H,28,29)/t16-,18-,19?,20?,21?,22+,23?,25+,26+/m0/s1. The van der Waals surface area contributed by atoms with E-state index in [1.165, 1.54) is 31.2 Å². The third kappa shape index (κ3) is 3.31. The van der Waals surface area contributed by atoms with Crippen molar-refractivity contribution in [1.82, 2.24) is 5.32 Å². The van der Waals surface area contributed by atoms with Crippen molar-refractivity contribution in [2.24, 2.45) is 34.5 Å². The molecule has 4 aliphatic rings. The molecule has 9 atom stereocenters. The number of amides is 1. The molecule has 164 valence electrons. The number of nitrogens with one attached hydrogen (secondary N) is 1. The van der Waals surface area contributed by atoms with E-state index in [-0.39, 0.29) is 15.2 Å². The van der Waals surface area contributed by atoms with Gasteiger partial charge in [0.15, 0.2) is 0 Å². The zero-order valence-electron chi connectivity index (χ0n) is 18.8. The summed E-state index contributed by atoms with van der Waals surface area (Å²) in [7, 11) is 0. The van der Waals surface area contributed by atoms with Crippen molar-refractivity contribution in [1.29, 1.82) is 0 Å². The summed E-state index contributed by atoms with van der Waals surface area (Å²) in [5, 5.41) is 3.42. The first kappa shape index (κ1) is 21.1. The average molecular weight is 521 g/mol.